The molecule has 3 heterocycles. The number of hydrogen-bond acceptors (Lipinski definition) is 7. The van der Waals surface area contributed by atoms with E-state index in [2.05, 4.69) is 30.2 Å². The SMILES string of the molecule is FC(F)Oc1ccc(CNc2nnc(-c3ccccn3)s2)nc1. The summed E-state index contributed by atoms with van der Waals surface area (Å²) in [6.07, 6.45) is 2.94. The van der Waals surface area contributed by atoms with Gasteiger partial charge in [-0.1, -0.05) is 17.4 Å². The van der Waals surface area contributed by atoms with Crippen molar-refractivity contribution in [2.24, 2.45) is 0 Å². The number of aromatic nitrogens is 4. The van der Waals surface area contributed by atoms with E-state index in [1.807, 2.05) is 18.2 Å². The van der Waals surface area contributed by atoms with E-state index in [4.69, 9.17) is 0 Å². The molecule has 0 amide bonds. The van der Waals surface area contributed by atoms with Crippen LogP contribution in [0.25, 0.3) is 10.7 Å². The van der Waals surface area contributed by atoms with Crippen molar-refractivity contribution in [3.63, 3.8) is 0 Å². The summed E-state index contributed by atoms with van der Waals surface area (Å²) in [6.45, 7) is -2.46. The molecule has 3 aromatic heterocycles. The molecule has 0 saturated heterocycles. The Balaban J connectivity index is 1.59. The predicted molar refractivity (Wildman–Crippen MR) is 81.3 cm³/mol. The molecule has 0 aromatic carbocycles. The van der Waals surface area contributed by atoms with Crippen LogP contribution in [0.3, 0.4) is 0 Å². The van der Waals surface area contributed by atoms with E-state index >= 15 is 0 Å². The minimum Gasteiger partial charge on any atom is -0.433 e. The quantitative estimate of drug-likeness (QED) is 0.746. The molecular weight excluding hydrogens is 324 g/mol. The summed E-state index contributed by atoms with van der Waals surface area (Å²) < 4.78 is 28.3. The van der Waals surface area contributed by atoms with E-state index in [0.717, 1.165) is 5.69 Å². The predicted octanol–water partition coefficient (Wildman–Crippen LogP) is 3.21. The summed E-state index contributed by atoms with van der Waals surface area (Å²) in [7, 11) is 0. The van der Waals surface area contributed by atoms with Gasteiger partial charge in [0.25, 0.3) is 0 Å². The molecule has 9 heteroatoms. The number of hydrogen-bond donors (Lipinski definition) is 1. The van der Waals surface area contributed by atoms with Crippen LogP contribution in [0.5, 0.6) is 5.75 Å². The van der Waals surface area contributed by atoms with Crippen molar-refractivity contribution in [1.82, 2.24) is 20.2 Å². The average Bonchev–Trinajstić information content (AvgIpc) is 3.04. The van der Waals surface area contributed by atoms with Gasteiger partial charge in [0.15, 0.2) is 5.01 Å². The lowest BCUT2D eigenvalue weighted by Gasteiger charge is -2.05. The van der Waals surface area contributed by atoms with Gasteiger partial charge in [-0.15, -0.1) is 10.2 Å². The Morgan fingerprint density at radius 2 is 2.04 bits per heavy atom. The van der Waals surface area contributed by atoms with Crippen LogP contribution in [0.1, 0.15) is 5.69 Å². The highest BCUT2D eigenvalue weighted by molar-refractivity contribution is 7.18. The van der Waals surface area contributed by atoms with Gasteiger partial charge in [-0.2, -0.15) is 8.78 Å². The Kier molecular flexibility index (Phi) is 4.67. The largest absolute Gasteiger partial charge is 0.433 e. The fourth-order valence-corrected chi connectivity index (χ4v) is 2.46. The fraction of sp³-hybridized carbons (Fsp3) is 0.143. The Morgan fingerprint density at radius 1 is 1.13 bits per heavy atom. The number of ether oxygens (including phenoxy) is 1. The molecule has 3 aromatic rings. The van der Waals surface area contributed by atoms with Crippen molar-refractivity contribution >= 4 is 16.5 Å². The first-order valence-corrected chi connectivity index (χ1v) is 7.41. The summed E-state index contributed by atoms with van der Waals surface area (Å²) >= 11 is 1.37. The molecule has 0 fully saturated rings. The summed E-state index contributed by atoms with van der Waals surface area (Å²) in [5, 5.41) is 12.5. The molecule has 0 spiro atoms. The van der Waals surface area contributed by atoms with Crippen LogP contribution in [0, 0.1) is 0 Å². The number of alkyl halides is 2. The Hall–Kier alpha value is -2.68. The van der Waals surface area contributed by atoms with E-state index in [-0.39, 0.29) is 5.75 Å². The maximum Gasteiger partial charge on any atom is 0.387 e. The minimum absolute atomic E-state index is 0.0251. The lowest BCUT2D eigenvalue weighted by atomic mass is 10.3. The van der Waals surface area contributed by atoms with E-state index in [1.165, 1.54) is 23.6 Å². The van der Waals surface area contributed by atoms with Crippen LogP contribution < -0.4 is 10.1 Å². The normalized spacial score (nSPS) is 10.7. The number of pyridine rings is 2. The summed E-state index contributed by atoms with van der Waals surface area (Å²) in [6, 6.07) is 8.61. The first kappa shape index (κ1) is 15.2. The maximum atomic E-state index is 12.1. The molecule has 0 aliphatic heterocycles. The van der Waals surface area contributed by atoms with Gasteiger partial charge in [0.1, 0.15) is 11.4 Å². The standard InChI is InChI=1S/C14H11F2N5OS/c15-13(16)22-10-5-4-9(18-8-10)7-19-14-21-20-12(23-14)11-3-1-2-6-17-11/h1-6,8,13H,7H2,(H,19,21). The second-order valence-corrected chi connectivity index (χ2v) is 5.32. The number of rotatable bonds is 6. The molecule has 0 unspecified atom stereocenters. The molecule has 23 heavy (non-hydrogen) atoms. The molecule has 0 bridgehead atoms. The third-order valence-electron chi connectivity index (χ3n) is 2.75. The molecule has 0 aliphatic carbocycles. The molecule has 6 nitrogen and oxygen atoms in total. The Morgan fingerprint density at radius 3 is 2.74 bits per heavy atom. The van der Waals surface area contributed by atoms with Crippen molar-refractivity contribution < 1.29 is 13.5 Å². The lowest BCUT2D eigenvalue weighted by molar-refractivity contribution is -0.0500. The smallest absolute Gasteiger partial charge is 0.387 e. The zero-order chi connectivity index (χ0) is 16.1. The van der Waals surface area contributed by atoms with Crippen molar-refractivity contribution in [2.45, 2.75) is 13.2 Å². The number of halogens is 2. The first-order chi connectivity index (χ1) is 11.2. The van der Waals surface area contributed by atoms with E-state index in [0.29, 0.717) is 22.4 Å². The van der Waals surface area contributed by atoms with Crippen LogP contribution >= 0.6 is 11.3 Å². The lowest BCUT2D eigenvalue weighted by Crippen LogP contribution is -2.04. The van der Waals surface area contributed by atoms with Gasteiger partial charge in [-0.05, 0) is 24.3 Å². The van der Waals surface area contributed by atoms with Gasteiger partial charge in [0.2, 0.25) is 5.13 Å². The van der Waals surface area contributed by atoms with Crippen LogP contribution in [-0.4, -0.2) is 26.8 Å². The average molecular weight is 335 g/mol. The van der Waals surface area contributed by atoms with Gasteiger partial charge in [-0.3, -0.25) is 9.97 Å². The van der Waals surface area contributed by atoms with Crippen LogP contribution in [0.15, 0.2) is 42.7 Å². The summed E-state index contributed by atoms with van der Waals surface area (Å²) in [5.41, 5.74) is 1.42. The summed E-state index contributed by atoms with van der Waals surface area (Å²) in [4.78, 5) is 8.24. The number of nitrogens with one attached hydrogen (secondary N) is 1. The van der Waals surface area contributed by atoms with Crippen molar-refractivity contribution in [3.05, 3.63) is 48.4 Å². The second-order valence-electron chi connectivity index (χ2n) is 4.34. The van der Waals surface area contributed by atoms with Gasteiger partial charge in [0.05, 0.1) is 18.4 Å². The van der Waals surface area contributed by atoms with Crippen molar-refractivity contribution in [2.75, 3.05) is 5.32 Å². The van der Waals surface area contributed by atoms with Gasteiger partial charge >= 0.3 is 6.61 Å². The third kappa shape index (κ3) is 4.16. The highest BCUT2D eigenvalue weighted by atomic mass is 32.1. The molecule has 3 rings (SSSR count). The van der Waals surface area contributed by atoms with Crippen molar-refractivity contribution in [3.8, 4) is 16.5 Å². The van der Waals surface area contributed by atoms with Crippen molar-refractivity contribution in [1.29, 1.82) is 0 Å². The van der Waals surface area contributed by atoms with Crippen LogP contribution in [0.4, 0.5) is 13.9 Å². The minimum atomic E-state index is -2.85. The zero-order valence-corrected chi connectivity index (χ0v) is 12.5. The monoisotopic (exact) mass is 335 g/mol. The first-order valence-electron chi connectivity index (χ1n) is 6.59. The topological polar surface area (TPSA) is 72.8 Å². The summed E-state index contributed by atoms with van der Waals surface area (Å²) in [5.74, 6) is 0.0251. The van der Waals surface area contributed by atoms with Gasteiger partial charge in [0, 0.05) is 6.20 Å². The zero-order valence-electron chi connectivity index (χ0n) is 11.7. The van der Waals surface area contributed by atoms with Crippen LogP contribution in [-0.2, 0) is 6.54 Å². The maximum absolute atomic E-state index is 12.1. The third-order valence-corrected chi connectivity index (χ3v) is 3.66. The fourth-order valence-electron chi connectivity index (χ4n) is 1.74. The van der Waals surface area contributed by atoms with Crippen LogP contribution in [0.2, 0.25) is 0 Å². The number of anilines is 1. The molecule has 1 N–H and O–H groups in total. The second kappa shape index (κ2) is 7.05. The Labute approximate surface area is 134 Å². The molecular formula is C14H11F2N5OS. The van der Waals surface area contributed by atoms with E-state index in [1.54, 1.807) is 12.3 Å². The molecule has 0 saturated carbocycles. The van der Waals surface area contributed by atoms with Gasteiger partial charge < -0.3 is 10.1 Å². The number of nitrogens with zero attached hydrogens (tertiary/aromatic N) is 4. The molecule has 118 valence electrons. The highest BCUT2D eigenvalue weighted by Gasteiger charge is 2.08. The Bertz CT molecular complexity index is 751. The van der Waals surface area contributed by atoms with E-state index in [9.17, 15) is 8.78 Å². The molecule has 0 atom stereocenters. The van der Waals surface area contributed by atoms with Gasteiger partial charge in [-0.25, -0.2) is 0 Å². The highest BCUT2D eigenvalue weighted by Crippen LogP contribution is 2.24. The molecule has 0 radical (unpaired) electrons. The van der Waals surface area contributed by atoms with E-state index < -0.39 is 6.61 Å². The molecule has 0 aliphatic rings.